The van der Waals surface area contributed by atoms with Gasteiger partial charge in [0.05, 0.1) is 26.5 Å². The molecule has 390 valence electrons. The summed E-state index contributed by atoms with van der Waals surface area (Å²) in [5.41, 5.74) is 2.48. The van der Waals surface area contributed by atoms with Crippen molar-refractivity contribution in [2.24, 2.45) is 15.2 Å². The molecule has 9 aromatic rings. The molecule has 9 aromatic carbocycles. The van der Waals surface area contributed by atoms with E-state index in [1.165, 1.54) is 42.9 Å². The molecule has 10 rings (SSSR count). The number of hydrogen-bond donors (Lipinski definition) is 0. The van der Waals surface area contributed by atoms with Crippen LogP contribution in [-0.4, -0.2) is 49.0 Å². The minimum absolute atomic E-state index is 0. The van der Waals surface area contributed by atoms with Crippen LogP contribution in [0.1, 0.15) is 23.6 Å². The van der Waals surface area contributed by atoms with Crippen LogP contribution < -0.4 is 58.8 Å². The van der Waals surface area contributed by atoms with Crippen LogP contribution in [0.15, 0.2) is 282 Å². The van der Waals surface area contributed by atoms with Gasteiger partial charge in [0.15, 0.2) is 0 Å². The smallest absolute Gasteiger partial charge is 1.00 e. The first kappa shape index (κ1) is 61.0. The molecule has 13 heteroatoms. The molecule has 0 spiro atoms. The van der Waals surface area contributed by atoms with Gasteiger partial charge in [0, 0.05) is 11.5 Å². The van der Waals surface area contributed by atoms with Crippen molar-refractivity contribution >= 4 is 77.6 Å². The first-order valence-electron chi connectivity index (χ1n) is 24.3. The Morgan fingerprint density at radius 3 is 1.15 bits per heavy atom. The number of ether oxygens (including phenoxy) is 2. The van der Waals surface area contributed by atoms with Gasteiger partial charge in [-0.05, 0) is 108 Å². The second-order valence-corrected chi connectivity index (χ2v) is 21.0. The van der Waals surface area contributed by atoms with E-state index < -0.39 is 27.8 Å². The molecule has 1 heterocycles. The van der Waals surface area contributed by atoms with Crippen LogP contribution in [0.3, 0.4) is 0 Å². The van der Waals surface area contributed by atoms with Gasteiger partial charge in [-0.25, -0.2) is 4.99 Å². The normalized spacial score (nSPS) is 12.5. The fourth-order valence-corrected chi connectivity index (χ4v) is 12.5. The van der Waals surface area contributed by atoms with Crippen LogP contribution in [0.4, 0.5) is 0 Å². The molecule has 1 amide bonds. The number of carbonyl (C=O) groups excluding carboxylic acids is 1. The number of carbonyl (C=O) groups is 1. The van der Waals surface area contributed by atoms with E-state index in [4.69, 9.17) is 14.1 Å². The van der Waals surface area contributed by atoms with E-state index in [0.717, 1.165) is 11.1 Å². The van der Waals surface area contributed by atoms with Crippen molar-refractivity contribution in [2.45, 2.75) is 13.0 Å². The maximum absolute atomic E-state index is 13.4. The van der Waals surface area contributed by atoms with Gasteiger partial charge in [0.2, 0.25) is 0 Å². The van der Waals surface area contributed by atoms with Crippen LogP contribution in [0.2, 0.25) is 0 Å². The van der Waals surface area contributed by atoms with Gasteiger partial charge in [-0.15, -0.1) is 0 Å². The number of hydrogen-bond acceptors (Lipinski definition) is 7. The van der Waals surface area contributed by atoms with Crippen molar-refractivity contribution in [3.8, 4) is 11.5 Å². The number of aliphatic imine (C=N–C) groups is 1. The number of nitrogens with zero attached hydrogens (tertiary/aromatic N) is 4. The second-order valence-electron chi connectivity index (χ2n) is 16.6. The Balaban J connectivity index is 0.000000226. The Labute approximate surface area is 479 Å². The van der Waals surface area contributed by atoms with Gasteiger partial charge in [-0.2, -0.15) is 10.2 Å². The first-order valence-corrected chi connectivity index (χ1v) is 26.9. The van der Waals surface area contributed by atoms with Crippen molar-refractivity contribution in [2.75, 3.05) is 14.2 Å². The second kappa shape index (κ2) is 32.6. The standard InChI is InChI=1S/C28H26N4O4.2C18H15P.CO.ClH.Ru/c1-19(27(33)31-29-18-21-11-15-24(36-3)16-12-21)32-26(22-7-5-4-6-8-22)30-25(28(32)34)17-20-9-13-23(35-2)14-10-20;2*1-4-10-16(11-5-1)19(17-12-6-2-7-13-17)18-14-8-3-9-15-18;1-2;;/h4-19H,1-3H3,(H,31,33);2*1-15H;;1H;/q;;;;;+2/p-2/b25-17-,29-18+;;;;;. The van der Waals surface area contributed by atoms with E-state index in [-0.39, 0.29) is 43.5 Å². The fraction of sp³-hybridized carbons (Fsp3) is 0.0615. The molecule has 0 bridgehead atoms. The summed E-state index contributed by atoms with van der Waals surface area (Å²) >= 11 is 0. The predicted molar refractivity (Wildman–Crippen MR) is 313 cm³/mol. The van der Waals surface area contributed by atoms with Crippen LogP contribution in [0.25, 0.3) is 6.08 Å². The molecule has 0 saturated carbocycles. The molecule has 1 unspecified atom stereocenters. The summed E-state index contributed by atoms with van der Waals surface area (Å²) < 4.78 is 17.8. The molecule has 0 aromatic heterocycles. The Morgan fingerprint density at radius 1 is 0.526 bits per heavy atom. The molecular formula is C65H55ClN4O5P2Ru. The van der Waals surface area contributed by atoms with Crippen LogP contribution in [0, 0.1) is 6.65 Å². The molecule has 1 atom stereocenters. The zero-order chi connectivity index (χ0) is 53.3. The molecule has 0 N–H and O–H groups in total. The van der Waals surface area contributed by atoms with Gasteiger partial charge in [-0.3, -0.25) is 9.69 Å². The van der Waals surface area contributed by atoms with E-state index in [1.54, 1.807) is 63.6 Å². The summed E-state index contributed by atoms with van der Waals surface area (Å²) in [5.74, 6) is 0.853. The number of rotatable bonds is 14. The molecule has 9 nitrogen and oxygen atoms in total. The average molecular weight is 1170 g/mol. The molecule has 0 aliphatic carbocycles. The number of amides is 1. The van der Waals surface area contributed by atoms with Gasteiger partial charge < -0.3 is 27.0 Å². The monoisotopic (exact) mass is 1170 g/mol. The summed E-state index contributed by atoms with van der Waals surface area (Å²) in [6, 6.07) is 87.4. The van der Waals surface area contributed by atoms with E-state index in [9.17, 15) is 9.90 Å². The van der Waals surface area contributed by atoms with Crippen molar-refractivity contribution in [3.05, 3.63) is 290 Å². The van der Waals surface area contributed by atoms with Crippen LogP contribution in [0.5, 0.6) is 11.5 Å². The Kier molecular flexibility index (Phi) is 25.5. The van der Waals surface area contributed by atoms with Gasteiger partial charge >= 0.3 is 30.8 Å². The van der Waals surface area contributed by atoms with E-state index in [0.29, 0.717) is 22.9 Å². The van der Waals surface area contributed by atoms with E-state index in [1.807, 2.05) is 42.5 Å². The zero-order valence-electron chi connectivity index (χ0n) is 43.0. The zero-order valence-corrected chi connectivity index (χ0v) is 47.3. The van der Waals surface area contributed by atoms with Crippen molar-refractivity contribution in [3.63, 3.8) is 0 Å². The minimum atomic E-state index is -0.911. The summed E-state index contributed by atoms with van der Waals surface area (Å²) in [6.45, 7) is 6.11. The third-order valence-electron chi connectivity index (χ3n) is 11.7. The van der Waals surface area contributed by atoms with Crippen molar-refractivity contribution in [1.82, 2.24) is 4.90 Å². The van der Waals surface area contributed by atoms with Gasteiger partial charge in [0.25, 0.3) is 5.91 Å². The fourth-order valence-electron chi connectivity index (χ4n) is 7.93. The number of halogens is 1. The molecule has 1 aliphatic heterocycles. The molecule has 1 aliphatic rings. The number of benzene rings is 9. The predicted octanol–water partition coefficient (Wildman–Crippen LogP) is 7.37. The molecule has 0 fully saturated rings. The Morgan fingerprint density at radius 2 is 0.833 bits per heavy atom. The quantitative estimate of drug-likeness (QED) is 0.0165. The van der Waals surface area contributed by atoms with Crippen LogP contribution >= 0.6 is 15.8 Å². The average Bonchev–Trinajstić information content (AvgIpc) is 3.84. The molecule has 78 heavy (non-hydrogen) atoms. The van der Waals surface area contributed by atoms with Gasteiger partial charge in [0.1, 0.15) is 23.0 Å². The largest absolute Gasteiger partial charge is 2.00 e. The molecule has 0 radical (unpaired) electrons. The van der Waals surface area contributed by atoms with Crippen molar-refractivity contribution in [1.29, 1.82) is 0 Å². The topological polar surface area (TPSA) is 119 Å². The maximum Gasteiger partial charge on any atom is 2.00 e. The number of methoxy groups -OCH3 is 2. The molecule has 0 saturated heterocycles. The SMILES string of the molecule is COc1ccc(/C=C2\N=C(c3ccccc3)N(C(C)/C([O-])=N/N=C/c3ccc(OC)cc3)C2=O)cc1.[C-]#[O+].[Cl-].[Ru+2].c1ccc(P(c2ccccc2)c2ccccc2)cc1.c1ccc(P(c2ccccc2)c2ccccc2)cc1. The first-order chi connectivity index (χ1) is 37.4. The molecular weight excluding hydrogens is 1120 g/mol. The minimum Gasteiger partial charge on any atom is -1.00 e. The van der Waals surface area contributed by atoms with Gasteiger partial charge in [-0.1, -0.05) is 224 Å². The van der Waals surface area contributed by atoms with Crippen molar-refractivity contribution < 1.29 is 55.9 Å². The number of amidine groups is 1. The summed E-state index contributed by atoms with van der Waals surface area (Å²) in [6.07, 6.45) is 3.15. The summed E-state index contributed by atoms with van der Waals surface area (Å²) in [5, 5.41) is 29.0. The van der Waals surface area contributed by atoms with E-state index in [2.05, 4.69) is 204 Å². The Bertz CT molecular complexity index is 3020. The van der Waals surface area contributed by atoms with Crippen LogP contribution in [-0.2, 0) is 28.9 Å². The maximum atomic E-state index is 13.4. The third-order valence-corrected chi connectivity index (χ3v) is 16.5. The van der Waals surface area contributed by atoms with E-state index >= 15 is 0 Å². The third kappa shape index (κ3) is 17.1. The summed E-state index contributed by atoms with van der Waals surface area (Å²) in [4.78, 5) is 19.3. The Hall–Kier alpha value is -7.89. The summed E-state index contributed by atoms with van der Waals surface area (Å²) in [7, 11) is 2.28.